The average Bonchev–Trinajstić information content (AvgIpc) is 2.41. The van der Waals surface area contributed by atoms with Crippen LogP contribution >= 0.6 is 0 Å². The van der Waals surface area contributed by atoms with Crippen molar-refractivity contribution in [1.29, 1.82) is 0 Å². The van der Waals surface area contributed by atoms with Crippen LogP contribution < -0.4 is 5.73 Å². The smallest absolute Gasteiger partial charge is 0.0498 e. The van der Waals surface area contributed by atoms with E-state index in [0.29, 0.717) is 12.1 Å². The Morgan fingerprint density at radius 1 is 1.37 bits per heavy atom. The van der Waals surface area contributed by atoms with Crippen molar-refractivity contribution >= 4 is 0 Å². The zero-order valence-electron chi connectivity index (χ0n) is 12.3. The van der Waals surface area contributed by atoms with Crippen LogP contribution in [-0.2, 0) is 0 Å². The predicted octanol–water partition coefficient (Wildman–Crippen LogP) is 1.50. The highest BCUT2D eigenvalue weighted by atomic mass is 15.3. The van der Waals surface area contributed by atoms with Gasteiger partial charge in [0.2, 0.25) is 0 Å². The highest BCUT2D eigenvalue weighted by molar-refractivity contribution is 5.17. The number of likely N-dealkylation sites (N-methyl/N-ethyl adjacent to an activating group) is 1. The normalized spacial score (nSPS) is 25.2. The SMILES string of the molecule is CCC1CN(C(c2ccncc2)C(C)N)CCN1C. The molecule has 1 aliphatic heterocycles. The number of pyridine rings is 1. The van der Waals surface area contributed by atoms with E-state index >= 15 is 0 Å². The molecule has 0 amide bonds. The van der Waals surface area contributed by atoms with Gasteiger partial charge in [-0.1, -0.05) is 6.92 Å². The molecule has 0 aromatic carbocycles. The summed E-state index contributed by atoms with van der Waals surface area (Å²) in [7, 11) is 2.22. The second-order valence-corrected chi connectivity index (χ2v) is 5.62. The Hall–Kier alpha value is -0.970. The molecular formula is C15H26N4. The standard InChI is InChI=1S/C15H26N4/c1-4-14-11-19(10-9-18(14)3)15(12(2)16)13-5-7-17-8-6-13/h5-8,12,14-15H,4,9-11,16H2,1-3H3. The Bertz CT molecular complexity index is 379. The predicted molar refractivity (Wildman–Crippen MR) is 78.9 cm³/mol. The highest BCUT2D eigenvalue weighted by Crippen LogP contribution is 2.26. The molecule has 0 bridgehead atoms. The summed E-state index contributed by atoms with van der Waals surface area (Å²) in [5.41, 5.74) is 7.53. The van der Waals surface area contributed by atoms with E-state index < -0.39 is 0 Å². The Morgan fingerprint density at radius 2 is 2.05 bits per heavy atom. The van der Waals surface area contributed by atoms with Gasteiger partial charge in [-0.25, -0.2) is 0 Å². The van der Waals surface area contributed by atoms with Gasteiger partial charge >= 0.3 is 0 Å². The summed E-state index contributed by atoms with van der Waals surface area (Å²) in [5, 5.41) is 0. The molecule has 0 spiro atoms. The third kappa shape index (κ3) is 3.32. The maximum atomic E-state index is 6.25. The summed E-state index contributed by atoms with van der Waals surface area (Å²) in [6.07, 6.45) is 4.91. The van der Waals surface area contributed by atoms with Gasteiger partial charge < -0.3 is 10.6 Å². The molecule has 1 fully saturated rings. The molecule has 106 valence electrons. The van der Waals surface area contributed by atoms with Crippen LogP contribution in [0.3, 0.4) is 0 Å². The summed E-state index contributed by atoms with van der Waals surface area (Å²) in [6.45, 7) is 7.66. The van der Waals surface area contributed by atoms with Gasteiger partial charge in [0.15, 0.2) is 0 Å². The lowest BCUT2D eigenvalue weighted by Crippen LogP contribution is -2.54. The Morgan fingerprint density at radius 3 is 2.63 bits per heavy atom. The zero-order chi connectivity index (χ0) is 13.8. The zero-order valence-corrected chi connectivity index (χ0v) is 12.3. The molecule has 3 atom stereocenters. The molecule has 0 saturated carbocycles. The van der Waals surface area contributed by atoms with Gasteiger partial charge in [0.05, 0.1) is 0 Å². The van der Waals surface area contributed by atoms with E-state index in [-0.39, 0.29) is 6.04 Å². The fraction of sp³-hybridized carbons (Fsp3) is 0.667. The summed E-state index contributed by atoms with van der Waals surface area (Å²) in [5.74, 6) is 0. The molecule has 1 aromatic heterocycles. The Kier molecular flexibility index (Phi) is 4.91. The van der Waals surface area contributed by atoms with Crippen LogP contribution in [0.4, 0.5) is 0 Å². The van der Waals surface area contributed by atoms with E-state index in [1.807, 2.05) is 12.4 Å². The first kappa shape index (κ1) is 14.4. The van der Waals surface area contributed by atoms with E-state index in [2.05, 4.69) is 47.8 Å². The van der Waals surface area contributed by atoms with E-state index in [1.165, 1.54) is 12.0 Å². The Balaban J connectivity index is 2.16. The van der Waals surface area contributed by atoms with E-state index in [9.17, 15) is 0 Å². The summed E-state index contributed by atoms with van der Waals surface area (Å²) in [4.78, 5) is 9.10. The number of aromatic nitrogens is 1. The van der Waals surface area contributed by atoms with Crippen molar-refractivity contribution in [3.05, 3.63) is 30.1 Å². The highest BCUT2D eigenvalue weighted by Gasteiger charge is 2.30. The maximum Gasteiger partial charge on any atom is 0.0498 e. The van der Waals surface area contributed by atoms with Crippen LogP contribution in [0.1, 0.15) is 31.9 Å². The van der Waals surface area contributed by atoms with Crippen molar-refractivity contribution in [3.8, 4) is 0 Å². The van der Waals surface area contributed by atoms with E-state index in [4.69, 9.17) is 5.73 Å². The van der Waals surface area contributed by atoms with Gasteiger partial charge in [0.1, 0.15) is 0 Å². The first-order valence-electron chi connectivity index (χ1n) is 7.23. The van der Waals surface area contributed by atoms with Crippen LogP contribution in [0.5, 0.6) is 0 Å². The fourth-order valence-corrected chi connectivity index (χ4v) is 3.07. The minimum atomic E-state index is 0.128. The van der Waals surface area contributed by atoms with Crippen molar-refractivity contribution in [2.24, 2.45) is 5.73 Å². The van der Waals surface area contributed by atoms with Gasteiger partial charge in [0, 0.05) is 50.2 Å². The lowest BCUT2D eigenvalue weighted by molar-refractivity contribution is 0.0549. The molecule has 19 heavy (non-hydrogen) atoms. The quantitative estimate of drug-likeness (QED) is 0.893. The molecule has 1 aromatic rings. The summed E-state index contributed by atoms with van der Waals surface area (Å²) in [6, 6.07) is 5.24. The number of nitrogens with zero attached hydrogens (tertiary/aromatic N) is 3. The number of hydrogen-bond donors (Lipinski definition) is 1. The average molecular weight is 262 g/mol. The van der Waals surface area contributed by atoms with Crippen LogP contribution in [0.2, 0.25) is 0 Å². The maximum absolute atomic E-state index is 6.25. The molecule has 4 nitrogen and oxygen atoms in total. The minimum absolute atomic E-state index is 0.128. The van der Waals surface area contributed by atoms with Gasteiger partial charge in [-0.3, -0.25) is 9.88 Å². The number of hydrogen-bond acceptors (Lipinski definition) is 4. The molecule has 2 heterocycles. The van der Waals surface area contributed by atoms with Crippen LogP contribution in [0, 0.1) is 0 Å². The van der Waals surface area contributed by atoms with Crippen molar-refractivity contribution in [3.63, 3.8) is 0 Å². The lowest BCUT2D eigenvalue weighted by Gasteiger charge is -2.44. The minimum Gasteiger partial charge on any atom is -0.326 e. The number of rotatable bonds is 4. The van der Waals surface area contributed by atoms with E-state index in [0.717, 1.165) is 19.6 Å². The van der Waals surface area contributed by atoms with Crippen molar-refractivity contribution in [1.82, 2.24) is 14.8 Å². The largest absolute Gasteiger partial charge is 0.326 e. The number of piperazine rings is 1. The molecule has 0 aliphatic carbocycles. The number of nitrogens with two attached hydrogens (primary N) is 1. The third-order valence-electron chi connectivity index (χ3n) is 4.22. The van der Waals surface area contributed by atoms with Crippen molar-refractivity contribution in [2.75, 3.05) is 26.7 Å². The topological polar surface area (TPSA) is 45.4 Å². The van der Waals surface area contributed by atoms with E-state index in [1.54, 1.807) is 0 Å². The van der Waals surface area contributed by atoms with Crippen LogP contribution in [-0.4, -0.2) is 53.5 Å². The monoisotopic (exact) mass is 262 g/mol. The Labute approximate surface area is 116 Å². The van der Waals surface area contributed by atoms with Crippen molar-refractivity contribution in [2.45, 2.75) is 38.4 Å². The first-order valence-corrected chi connectivity index (χ1v) is 7.23. The fourth-order valence-electron chi connectivity index (χ4n) is 3.07. The van der Waals surface area contributed by atoms with Crippen LogP contribution in [0.15, 0.2) is 24.5 Å². The molecular weight excluding hydrogens is 236 g/mol. The second-order valence-electron chi connectivity index (χ2n) is 5.62. The second kappa shape index (κ2) is 6.46. The molecule has 1 aliphatic rings. The van der Waals surface area contributed by atoms with Gasteiger partial charge in [-0.05, 0) is 38.1 Å². The molecule has 3 unspecified atom stereocenters. The third-order valence-corrected chi connectivity index (χ3v) is 4.22. The molecule has 2 rings (SSSR count). The molecule has 4 heteroatoms. The summed E-state index contributed by atoms with van der Waals surface area (Å²) >= 11 is 0. The molecule has 2 N–H and O–H groups in total. The molecule has 0 radical (unpaired) electrons. The van der Waals surface area contributed by atoms with Gasteiger partial charge in [-0.2, -0.15) is 0 Å². The van der Waals surface area contributed by atoms with Crippen LogP contribution in [0.25, 0.3) is 0 Å². The first-order chi connectivity index (χ1) is 9.13. The van der Waals surface area contributed by atoms with Crippen molar-refractivity contribution < 1.29 is 0 Å². The van der Waals surface area contributed by atoms with Gasteiger partial charge in [0.25, 0.3) is 0 Å². The van der Waals surface area contributed by atoms with Gasteiger partial charge in [-0.15, -0.1) is 0 Å². The molecule has 1 saturated heterocycles. The lowest BCUT2D eigenvalue weighted by atomic mass is 9.98. The summed E-state index contributed by atoms with van der Waals surface area (Å²) < 4.78 is 0.